The highest BCUT2D eigenvalue weighted by molar-refractivity contribution is 5.73. The highest BCUT2D eigenvalue weighted by Gasteiger charge is 2.15. The van der Waals surface area contributed by atoms with E-state index in [9.17, 15) is 4.79 Å². The van der Waals surface area contributed by atoms with Crippen LogP contribution in [0.1, 0.15) is 40.0 Å². The highest BCUT2D eigenvalue weighted by Crippen LogP contribution is 2.25. The first-order valence-electron chi connectivity index (χ1n) is 3.76. The molecule has 0 aromatic carbocycles. The number of carbonyl (C=O) groups is 1. The molecule has 0 saturated carbocycles. The fourth-order valence-corrected chi connectivity index (χ4v) is 0.638. The number of hydrogen-bond acceptors (Lipinski definition) is 1. The first-order valence-corrected chi connectivity index (χ1v) is 3.76. The van der Waals surface area contributed by atoms with Crippen LogP contribution in [0.2, 0.25) is 0 Å². The van der Waals surface area contributed by atoms with E-state index in [2.05, 4.69) is 20.8 Å². The van der Waals surface area contributed by atoms with Crippen LogP contribution in [0.15, 0.2) is 0 Å². The average Bonchev–Trinajstić information content (AvgIpc) is 1.85. The van der Waals surface area contributed by atoms with Crippen LogP contribution in [-0.2, 0) is 4.79 Å². The quantitative estimate of drug-likeness (QED) is 0.639. The number of rotatable bonds is 4. The second-order valence-corrected chi connectivity index (χ2v) is 3.48. The van der Waals surface area contributed by atoms with Gasteiger partial charge in [0.25, 0.3) is 0 Å². The van der Waals surface area contributed by atoms with Crippen molar-refractivity contribution in [2.75, 3.05) is 0 Å². The standard InChI is InChI=1S/C8H17NO/c1-4-8(2,3)6-5-7(9)10/h4-6H2,1-3H3,(H2,9,10). The number of amides is 1. The summed E-state index contributed by atoms with van der Waals surface area (Å²) in [5, 5.41) is 0. The van der Waals surface area contributed by atoms with Gasteiger partial charge in [-0.25, -0.2) is 0 Å². The molecule has 0 aromatic heterocycles. The molecule has 0 saturated heterocycles. The van der Waals surface area contributed by atoms with Crippen molar-refractivity contribution in [3.8, 4) is 0 Å². The molecule has 0 spiro atoms. The van der Waals surface area contributed by atoms with Crippen molar-refractivity contribution in [3.05, 3.63) is 0 Å². The second kappa shape index (κ2) is 3.59. The average molecular weight is 143 g/mol. The summed E-state index contributed by atoms with van der Waals surface area (Å²) < 4.78 is 0. The normalized spacial score (nSPS) is 11.5. The molecule has 1 amide bonds. The summed E-state index contributed by atoms with van der Waals surface area (Å²) in [4.78, 5) is 10.4. The third-order valence-corrected chi connectivity index (χ3v) is 2.01. The summed E-state index contributed by atoms with van der Waals surface area (Å²) in [7, 11) is 0. The van der Waals surface area contributed by atoms with Gasteiger partial charge in [0, 0.05) is 6.42 Å². The van der Waals surface area contributed by atoms with Gasteiger partial charge in [0.05, 0.1) is 0 Å². The first kappa shape index (κ1) is 9.47. The maximum atomic E-state index is 10.4. The summed E-state index contributed by atoms with van der Waals surface area (Å²) >= 11 is 0. The predicted molar refractivity (Wildman–Crippen MR) is 42.5 cm³/mol. The zero-order valence-electron chi connectivity index (χ0n) is 7.11. The zero-order valence-corrected chi connectivity index (χ0v) is 7.11. The molecule has 0 unspecified atom stereocenters. The molecule has 0 atom stereocenters. The van der Waals surface area contributed by atoms with Gasteiger partial charge in [0.2, 0.25) is 5.91 Å². The number of primary amides is 1. The third-order valence-electron chi connectivity index (χ3n) is 2.01. The minimum absolute atomic E-state index is 0.193. The van der Waals surface area contributed by atoms with E-state index in [0.717, 1.165) is 12.8 Å². The first-order chi connectivity index (χ1) is 4.48. The van der Waals surface area contributed by atoms with Crippen LogP contribution < -0.4 is 5.73 Å². The summed E-state index contributed by atoms with van der Waals surface area (Å²) in [5.74, 6) is -0.193. The molecule has 0 fully saturated rings. The van der Waals surface area contributed by atoms with Gasteiger partial charge in [-0.1, -0.05) is 27.2 Å². The molecule has 0 heterocycles. The van der Waals surface area contributed by atoms with Crippen molar-refractivity contribution >= 4 is 5.91 Å². The maximum absolute atomic E-state index is 10.4. The number of carbonyl (C=O) groups excluding carboxylic acids is 1. The molecule has 60 valence electrons. The Balaban J connectivity index is 3.56. The predicted octanol–water partition coefficient (Wildman–Crippen LogP) is 1.69. The summed E-state index contributed by atoms with van der Waals surface area (Å²) in [6, 6.07) is 0. The zero-order chi connectivity index (χ0) is 8.20. The SMILES string of the molecule is CCC(C)(C)CCC(N)=O. The van der Waals surface area contributed by atoms with Gasteiger partial charge in [-0.05, 0) is 11.8 Å². The lowest BCUT2D eigenvalue weighted by atomic mass is 9.85. The number of hydrogen-bond donors (Lipinski definition) is 1. The largest absolute Gasteiger partial charge is 0.370 e. The van der Waals surface area contributed by atoms with Crippen LogP contribution in [0.3, 0.4) is 0 Å². The molecule has 0 bridgehead atoms. The van der Waals surface area contributed by atoms with Crippen LogP contribution in [-0.4, -0.2) is 5.91 Å². The molecule has 0 rings (SSSR count). The van der Waals surface area contributed by atoms with E-state index in [1.54, 1.807) is 0 Å². The van der Waals surface area contributed by atoms with Crippen molar-refractivity contribution in [3.63, 3.8) is 0 Å². The van der Waals surface area contributed by atoms with Crippen LogP contribution in [0, 0.1) is 5.41 Å². The van der Waals surface area contributed by atoms with Gasteiger partial charge < -0.3 is 5.73 Å². The van der Waals surface area contributed by atoms with Crippen LogP contribution in [0.25, 0.3) is 0 Å². The lowest BCUT2D eigenvalue weighted by molar-refractivity contribution is -0.118. The minimum atomic E-state index is -0.193. The lowest BCUT2D eigenvalue weighted by Crippen LogP contribution is -2.16. The van der Waals surface area contributed by atoms with Crippen molar-refractivity contribution in [2.24, 2.45) is 11.1 Å². The van der Waals surface area contributed by atoms with Gasteiger partial charge in [-0.2, -0.15) is 0 Å². The van der Waals surface area contributed by atoms with Crippen molar-refractivity contribution in [1.29, 1.82) is 0 Å². The number of nitrogens with two attached hydrogens (primary N) is 1. The maximum Gasteiger partial charge on any atom is 0.217 e. The minimum Gasteiger partial charge on any atom is -0.370 e. The van der Waals surface area contributed by atoms with Crippen molar-refractivity contribution < 1.29 is 4.79 Å². The van der Waals surface area contributed by atoms with E-state index in [-0.39, 0.29) is 11.3 Å². The Labute approximate surface area is 62.8 Å². The summed E-state index contributed by atoms with van der Waals surface area (Å²) in [6.07, 6.45) is 2.51. The molecule has 0 radical (unpaired) electrons. The topological polar surface area (TPSA) is 43.1 Å². The Bertz CT molecular complexity index is 118. The van der Waals surface area contributed by atoms with Crippen molar-refractivity contribution in [1.82, 2.24) is 0 Å². The Morgan fingerprint density at radius 1 is 1.50 bits per heavy atom. The molecule has 0 aliphatic carbocycles. The Hall–Kier alpha value is -0.530. The van der Waals surface area contributed by atoms with E-state index >= 15 is 0 Å². The van der Waals surface area contributed by atoms with Gasteiger partial charge in [-0.15, -0.1) is 0 Å². The third kappa shape index (κ3) is 4.36. The molecule has 2 heteroatoms. The van der Waals surface area contributed by atoms with Gasteiger partial charge >= 0.3 is 0 Å². The molecular weight excluding hydrogens is 126 g/mol. The van der Waals surface area contributed by atoms with E-state index in [4.69, 9.17) is 5.73 Å². The molecule has 2 nitrogen and oxygen atoms in total. The van der Waals surface area contributed by atoms with Crippen LogP contribution in [0.4, 0.5) is 0 Å². The smallest absolute Gasteiger partial charge is 0.217 e. The lowest BCUT2D eigenvalue weighted by Gasteiger charge is -2.20. The molecule has 2 N–H and O–H groups in total. The van der Waals surface area contributed by atoms with Gasteiger partial charge in [-0.3, -0.25) is 4.79 Å². The monoisotopic (exact) mass is 143 g/mol. The highest BCUT2D eigenvalue weighted by atomic mass is 16.1. The van der Waals surface area contributed by atoms with Gasteiger partial charge in [0.1, 0.15) is 0 Å². The van der Waals surface area contributed by atoms with Gasteiger partial charge in [0.15, 0.2) is 0 Å². The van der Waals surface area contributed by atoms with Crippen LogP contribution in [0.5, 0.6) is 0 Å². The van der Waals surface area contributed by atoms with E-state index < -0.39 is 0 Å². The van der Waals surface area contributed by atoms with Crippen LogP contribution >= 0.6 is 0 Å². The fourth-order valence-electron chi connectivity index (χ4n) is 0.638. The Kier molecular flexibility index (Phi) is 3.40. The Morgan fingerprint density at radius 3 is 2.30 bits per heavy atom. The summed E-state index contributed by atoms with van der Waals surface area (Å²) in [5.41, 5.74) is 5.29. The molecular formula is C8H17NO. The molecule has 10 heavy (non-hydrogen) atoms. The fraction of sp³-hybridized carbons (Fsp3) is 0.875. The van der Waals surface area contributed by atoms with E-state index in [0.29, 0.717) is 6.42 Å². The van der Waals surface area contributed by atoms with Crippen molar-refractivity contribution in [2.45, 2.75) is 40.0 Å². The van der Waals surface area contributed by atoms with E-state index in [1.165, 1.54) is 0 Å². The molecule has 0 aliphatic rings. The molecule has 0 aliphatic heterocycles. The second-order valence-electron chi connectivity index (χ2n) is 3.48. The Morgan fingerprint density at radius 2 is 2.00 bits per heavy atom. The van der Waals surface area contributed by atoms with E-state index in [1.807, 2.05) is 0 Å². The molecule has 0 aromatic rings. The summed E-state index contributed by atoms with van der Waals surface area (Å²) in [6.45, 7) is 6.42.